The summed E-state index contributed by atoms with van der Waals surface area (Å²) in [5.74, 6) is 0.889. The highest BCUT2D eigenvalue weighted by Crippen LogP contribution is 2.08. The minimum Gasteiger partial charge on any atom is -0.245 e. The van der Waals surface area contributed by atoms with E-state index in [-0.39, 0.29) is 0 Å². The van der Waals surface area contributed by atoms with Crippen LogP contribution in [0.2, 0.25) is 0 Å². The van der Waals surface area contributed by atoms with Gasteiger partial charge in [0, 0.05) is 6.42 Å². The number of hydrogen-bond donors (Lipinski definition) is 0. The van der Waals surface area contributed by atoms with Crippen molar-refractivity contribution in [3.8, 4) is 0 Å². The lowest BCUT2D eigenvalue weighted by Gasteiger charge is -2.04. The lowest BCUT2D eigenvalue weighted by molar-refractivity contribution is -0.489. The summed E-state index contributed by atoms with van der Waals surface area (Å²) in [5.41, 5.74) is 0. The molecule has 0 rings (SSSR count). The molecule has 0 bridgehead atoms. The van der Waals surface area contributed by atoms with Crippen LogP contribution in [0.3, 0.4) is 0 Å². The van der Waals surface area contributed by atoms with E-state index in [9.17, 15) is 0 Å². The Kier molecular flexibility index (Phi) is 5.27. The monoisotopic (exact) mass is 142 g/mol. The van der Waals surface area contributed by atoms with Gasteiger partial charge >= 0.3 is 0 Å². The molecule has 0 aromatic heterocycles. The number of hydrogen-bond acceptors (Lipinski definition) is 0. The largest absolute Gasteiger partial charge is 0.245 e. The molecule has 1 nitrogen and oxygen atoms in total. The van der Waals surface area contributed by atoms with Gasteiger partial charge in [-0.2, -0.15) is 0 Å². The highest BCUT2D eigenvalue weighted by atomic mass is 14.9. The molecule has 1 heteroatoms. The summed E-state index contributed by atoms with van der Waals surface area (Å²) in [4.78, 5) is 0. The average molecular weight is 142 g/mol. The summed E-state index contributed by atoms with van der Waals surface area (Å²) < 4.78 is 2.00. The van der Waals surface area contributed by atoms with Crippen LogP contribution in [0.4, 0.5) is 0 Å². The highest BCUT2D eigenvalue weighted by Gasteiger charge is 1.99. The Bertz CT molecular complexity index is 96.9. The maximum atomic E-state index is 3.79. The molecule has 1 unspecified atom stereocenters. The molecule has 0 fully saturated rings. The summed E-state index contributed by atoms with van der Waals surface area (Å²) in [6.07, 6.45) is 3.94. The predicted molar refractivity (Wildman–Crippen MR) is 46.9 cm³/mol. The Hall–Kier alpha value is -0.330. The van der Waals surface area contributed by atoms with Crippen LogP contribution in [0, 0.1) is 5.92 Å². The Morgan fingerprint density at radius 1 is 1.50 bits per heavy atom. The molecular formula is C9H20N+. The smallest absolute Gasteiger partial charge is 0.142 e. The normalized spacial score (nSPS) is 13.1. The molecule has 0 aliphatic rings. The van der Waals surface area contributed by atoms with E-state index in [1.807, 2.05) is 11.6 Å². The van der Waals surface area contributed by atoms with E-state index in [4.69, 9.17) is 0 Å². The minimum atomic E-state index is 0.889. The zero-order chi connectivity index (χ0) is 7.98. The molecule has 10 heavy (non-hydrogen) atoms. The molecular weight excluding hydrogens is 122 g/mol. The first-order valence-corrected chi connectivity index (χ1v) is 4.18. The van der Waals surface area contributed by atoms with Gasteiger partial charge in [-0.3, -0.25) is 0 Å². The third kappa shape index (κ3) is 5.80. The van der Waals surface area contributed by atoms with Crippen LogP contribution < -0.4 is 0 Å². The zero-order valence-electron chi connectivity index (χ0n) is 7.56. The second kappa shape index (κ2) is 5.45. The average Bonchev–Trinajstić information content (AvgIpc) is 1.87. The summed E-state index contributed by atoms with van der Waals surface area (Å²) >= 11 is 0. The minimum absolute atomic E-state index is 0.889. The second-order valence-electron chi connectivity index (χ2n) is 3.24. The lowest BCUT2D eigenvalue weighted by atomic mass is 10.0. The molecule has 0 aliphatic heterocycles. The quantitative estimate of drug-likeness (QED) is 0.409. The summed E-state index contributed by atoms with van der Waals surface area (Å²) in [6.45, 7) is 9.48. The van der Waals surface area contributed by atoms with Gasteiger partial charge in [0.1, 0.15) is 20.3 Å². The highest BCUT2D eigenvalue weighted by molar-refractivity contribution is 5.13. The van der Waals surface area contributed by atoms with Crippen LogP contribution in [0.25, 0.3) is 0 Å². The second-order valence-corrected chi connectivity index (χ2v) is 3.24. The van der Waals surface area contributed by atoms with Gasteiger partial charge in [0.05, 0.1) is 0 Å². The lowest BCUT2D eigenvalue weighted by Crippen LogP contribution is -2.05. The van der Waals surface area contributed by atoms with Crippen LogP contribution in [0.1, 0.15) is 33.1 Å². The van der Waals surface area contributed by atoms with Gasteiger partial charge in [-0.1, -0.05) is 20.3 Å². The van der Waals surface area contributed by atoms with Crippen LogP contribution in [0.15, 0.2) is 0 Å². The number of nitrogens with zero attached hydrogens (tertiary/aromatic N) is 1. The predicted octanol–water partition coefficient (Wildman–Crippen LogP) is 2.16. The standard InChI is InChI=1S/C9H20N/c1-5-9(2)7-6-8-10(3)4/h9H,3,5-8H2,1-2,4H3/q+1. The molecule has 0 aromatic rings. The Morgan fingerprint density at radius 2 is 2.10 bits per heavy atom. The third-order valence-electron chi connectivity index (χ3n) is 1.93. The summed E-state index contributed by atoms with van der Waals surface area (Å²) in [5, 5.41) is 0. The first kappa shape index (κ1) is 9.67. The van der Waals surface area contributed by atoms with E-state index in [0.717, 1.165) is 12.5 Å². The van der Waals surface area contributed by atoms with Crippen molar-refractivity contribution >= 4 is 6.72 Å². The zero-order valence-corrected chi connectivity index (χ0v) is 7.56. The van der Waals surface area contributed by atoms with Gasteiger partial charge in [0.2, 0.25) is 0 Å². The van der Waals surface area contributed by atoms with Gasteiger partial charge in [0.15, 0.2) is 0 Å². The maximum absolute atomic E-state index is 3.79. The van der Waals surface area contributed by atoms with Gasteiger partial charge in [-0.25, -0.2) is 4.58 Å². The molecule has 0 radical (unpaired) electrons. The molecule has 60 valence electrons. The first-order chi connectivity index (χ1) is 4.66. The van der Waals surface area contributed by atoms with E-state index < -0.39 is 0 Å². The third-order valence-corrected chi connectivity index (χ3v) is 1.93. The molecule has 1 atom stereocenters. The molecule has 0 N–H and O–H groups in total. The van der Waals surface area contributed by atoms with Crippen molar-refractivity contribution in [2.75, 3.05) is 13.6 Å². The van der Waals surface area contributed by atoms with Gasteiger partial charge in [-0.05, 0) is 12.3 Å². The molecule has 0 saturated carbocycles. The van der Waals surface area contributed by atoms with E-state index in [1.165, 1.54) is 19.3 Å². The fourth-order valence-electron chi connectivity index (χ4n) is 0.914. The van der Waals surface area contributed by atoms with E-state index in [2.05, 4.69) is 20.6 Å². The summed E-state index contributed by atoms with van der Waals surface area (Å²) in [6, 6.07) is 0. The van der Waals surface area contributed by atoms with E-state index in [1.54, 1.807) is 0 Å². The van der Waals surface area contributed by atoms with Crippen LogP contribution in [-0.4, -0.2) is 24.9 Å². The SMILES string of the molecule is C=[N+](C)CCCC(C)CC. The number of rotatable bonds is 5. The molecule has 0 saturated heterocycles. The van der Waals surface area contributed by atoms with Crippen LogP contribution >= 0.6 is 0 Å². The topological polar surface area (TPSA) is 3.01 Å². The van der Waals surface area contributed by atoms with Gasteiger partial charge in [-0.15, -0.1) is 0 Å². The fraction of sp³-hybridized carbons (Fsp3) is 0.889. The molecule has 0 amide bonds. The first-order valence-electron chi connectivity index (χ1n) is 4.18. The van der Waals surface area contributed by atoms with Crippen molar-refractivity contribution in [2.45, 2.75) is 33.1 Å². The van der Waals surface area contributed by atoms with E-state index >= 15 is 0 Å². The van der Waals surface area contributed by atoms with Crippen molar-refractivity contribution in [3.05, 3.63) is 0 Å². The van der Waals surface area contributed by atoms with Gasteiger partial charge < -0.3 is 0 Å². The van der Waals surface area contributed by atoms with Crippen molar-refractivity contribution in [1.82, 2.24) is 0 Å². The Morgan fingerprint density at radius 3 is 2.50 bits per heavy atom. The summed E-state index contributed by atoms with van der Waals surface area (Å²) in [7, 11) is 2.02. The van der Waals surface area contributed by atoms with Crippen molar-refractivity contribution in [1.29, 1.82) is 0 Å². The van der Waals surface area contributed by atoms with Crippen molar-refractivity contribution in [3.63, 3.8) is 0 Å². The fourth-order valence-corrected chi connectivity index (χ4v) is 0.914. The Labute approximate surface area is 64.8 Å². The van der Waals surface area contributed by atoms with Crippen molar-refractivity contribution < 1.29 is 4.58 Å². The van der Waals surface area contributed by atoms with Gasteiger partial charge in [0.25, 0.3) is 0 Å². The molecule has 0 heterocycles. The van der Waals surface area contributed by atoms with E-state index in [0.29, 0.717) is 0 Å². The maximum Gasteiger partial charge on any atom is 0.142 e. The Balaban J connectivity index is 3.11. The molecule has 0 spiro atoms. The van der Waals surface area contributed by atoms with Crippen LogP contribution in [-0.2, 0) is 0 Å². The van der Waals surface area contributed by atoms with Crippen LogP contribution in [0.5, 0.6) is 0 Å². The van der Waals surface area contributed by atoms with Crippen molar-refractivity contribution in [2.24, 2.45) is 5.92 Å². The molecule has 0 aliphatic carbocycles. The molecule has 0 aromatic carbocycles.